The Morgan fingerprint density at radius 1 is 1.53 bits per heavy atom. The highest BCUT2D eigenvalue weighted by molar-refractivity contribution is 9.10. The van der Waals surface area contributed by atoms with Crippen LogP contribution in [0, 0.1) is 5.92 Å². The van der Waals surface area contributed by atoms with E-state index in [0.717, 1.165) is 29.9 Å². The van der Waals surface area contributed by atoms with Crippen molar-refractivity contribution < 1.29 is 4.74 Å². The van der Waals surface area contributed by atoms with Crippen molar-refractivity contribution in [3.05, 3.63) is 10.3 Å². The van der Waals surface area contributed by atoms with Crippen molar-refractivity contribution in [1.29, 1.82) is 0 Å². The maximum Gasteiger partial charge on any atom is 0.153 e. The maximum atomic E-state index is 5.18. The van der Waals surface area contributed by atoms with Crippen LogP contribution in [0.3, 0.4) is 0 Å². The molecular formula is C11H21BrN4O. The highest BCUT2D eigenvalue weighted by atomic mass is 79.9. The summed E-state index contributed by atoms with van der Waals surface area (Å²) in [5.41, 5.74) is 1.09. The first-order valence-corrected chi connectivity index (χ1v) is 6.66. The molecule has 1 aromatic heterocycles. The lowest BCUT2D eigenvalue weighted by atomic mass is 10.0. The zero-order chi connectivity index (χ0) is 12.8. The molecule has 98 valence electrons. The molecule has 6 heteroatoms. The Bertz CT molecular complexity index is 323. The molecule has 0 fully saturated rings. The van der Waals surface area contributed by atoms with Gasteiger partial charge in [-0.1, -0.05) is 19.1 Å². The molecule has 2 atom stereocenters. The van der Waals surface area contributed by atoms with Crippen LogP contribution in [0.2, 0.25) is 0 Å². The van der Waals surface area contributed by atoms with Gasteiger partial charge in [0.05, 0.1) is 11.7 Å². The second-order valence-electron chi connectivity index (χ2n) is 4.30. The largest absolute Gasteiger partial charge is 0.384 e. The van der Waals surface area contributed by atoms with Gasteiger partial charge in [0.25, 0.3) is 0 Å². The number of rotatable bonds is 7. The average Bonchev–Trinajstić information content (AvgIpc) is 2.58. The fourth-order valence-corrected chi connectivity index (χ4v) is 2.61. The molecule has 1 heterocycles. The lowest BCUT2D eigenvalue weighted by molar-refractivity contribution is 0.149. The second-order valence-corrected chi connectivity index (χ2v) is 5.05. The van der Waals surface area contributed by atoms with Gasteiger partial charge >= 0.3 is 0 Å². The summed E-state index contributed by atoms with van der Waals surface area (Å²) in [7, 11) is 3.65. The van der Waals surface area contributed by atoms with Gasteiger partial charge in [0, 0.05) is 20.8 Å². The van der Waals surface area contributed by atoms with E-state index in [-0.39, 0.29) is 6.04 Å². The van der Waals surface area contributed by atoms with E-state index in [9.17, 15) is 0 Å². The molecule has 2 unspecified atom stereocenters. The summed E-state index contributed by atoms with van der Waals surface area (Å²) >= 11 is 3.45. The van der Waals surface area contributed by atoms with Crippen molar-refractivity contribution in [2.24, 2.45) is 13.0 Å². The molecular weight excluding hydrogens is 284 g/mol. The van der Waals surface area contributed by atoms with E-state index in [1.54, 1.807) is 7.11 Å². The molecule has 0 aliphatic heterocycles. The minimum Gasteiger partial charge on any atom is -0.384 e. The third-order valence-electron chi connectivity index (χ3n) is 2.70. The average molecular weight is 305 g/mol. The van der Waals surface area contributed by atoms with Crippen molar-refractivity contribution in [1.82, 2.24) is 20.3 Å². The van der Waals surface area contributed by atoms with Crippen molar-refractivity contribution >= 4 is 15.9 Å². The van der Waals surface area contributed by atoms with Gasteiger partial charge in [0.1, 0.15) is 0 Å². The molecule has 0 bridgehead atoms. The van der Waals surface area contributed by atoms with Crippen molar-refractivity contribution in [2.75, 3.05) is 20.3 Å². The number of nitrogens with zero attached hydrogens (tertiary/aromatic N) is 3. The van der Waals surface area contributed by atoms with Crippen molar-refractivity contribution in [3.63, 3.8) is 0 Å². The highest BCUT2D eigenvalue weighted by Gasteiger charge is 2.21. The quantitative estimate of drug-likeness (QED) is 0.836. The van der Waals surface area contributed by atoms with E-state index in [2.05, 4.69) is 45.4 Å². The predicted octanol–water partition coefficient (Wildman–Crippen LogP) is 1.90. The number of halogens is 1. The maximum absolute atomic E-state index is 5.18. The molecule has 0 saturated heterocycles. The van der Waals surface area contributed by atoms with Crippen LogP contribution in [0.1, 0.15) is 32.0 Å². The SMILES string of the molecule is CCNC(CC(C)COC)c1c(Br)nnn1C. The highest BCUT2D eigenvalue weighted by Crippen LogP contribution is 2.26. The van der Waals surface area contributed by atoms with E-state index < -0.39 is 0 Å². The van der Waals surface area contributed by atoms with Gasteiger partial charge in [0.2, 0.25) is 0 Å². The van der Waals surface area contributed by atoms with E-state index in [4.69, 9.17) is 4.74 Å². The van der Waals surface area contributed by atoms with E-state index in [1.165, 1.54) is 0 Å². The Balaban J connectivity index is 2.78. The fraction of sp³-hybridized carbons (Fsp3) is 0.818. The molecule has 1 N–H and O–H groups in total. The molecule has 5 nitrogen and oxygen atoms in total. The van der Waals surface area contributed by atoms with Crippen LogP contribution in [0.4, 0.5) is 0 Å². The summed E-state index contributed by atoms with van der Waals surface area (Å²) in [6, 6.07) is 0.250. The molecule has 0 saturated carbocycles. The summed E-state index contributed by atoms with van der Waals surface area (Å²) in [5.74, 6) is 0.492. The van der Waals surface area contributed by atoms with Gasteiger partial charge in [-0.05, 0) is 34.8 Å². The zero-order valence-corrected chi connectivity index (χ0v) is 12.5. The molecule has 0 aliphatic rings. The minimum absolute atomic E-state index is 0.250. The molecule has 1 aromatic rings. The molecule has 1 rings (SSSR count). The first-order chi connectivity index (χ1) is 8.10. The van der Waals surface area contributed by atoms with Crippen LogP contribution in [0.15, 0.2) is 4.60 Å². The molecule has 0 radical (unpaired) electrons. The Morgan fingerprint density at radius 3 is 2.71 bits per heavy atom. The number of methoxy groups -OCH3 is 1. The minimum atomic E-state index is 0.250. The topological polar surface area (TPSA) is 52.0 Å². The number of nitrogens with one attached hydrogen (secondary N) is 1. The second kappa shape index (κ2) is 7.08. The molecule has 0 aliphatic carbocycles. The number of aryl methyl sites for hydroxylation is 1. The van der Waals surface area contributed by atoms with E-state index >= 15 is 0 Å². The lowest BCUT2D eigenvalue weighted by Crippen LogP contribution is -2.26. The summed E-state index contributed by atoms with van der Waals surface area (Å²) in [5, 5.41) is 11.5. The Morgan fingerprint density at radius 2 is 2.24 bits per heavy atom. The molecule has 0 spiro atoms. The van der Waals surface area contributed by atoms with Gasteiger partial charge in [0.15, 0.2) is 4.60 Å². The smallest absolute Gasteiger partial charge is 0.153 e. The third-order valence-corrected chi connectivity index (χ3v) is 3.26. The van der Waals surface area contributed by atoms with E-state index in [0.29, 0.717) is 5.92 Å². The van der Waals surface area contributed by atoms with Gasteiger partial charge in [-0.3, -0.25) is 0 Å². The van der Waals surface area contributed by atoms with Gasteiger partial charge in [-0.25, -0.2) is 4.68 Å². The number of ether oxygens (including phenoxy) is 1. The third kappa shape index (κ3) is 4.04. The van der Waals surface area contributed by atoms with Crippen LogP contribution >= 0.6 is 15.9 Å². The first kappa shape index (κ1) is 14.6. The Kier molecular flexibility index (Phi) is 6.08. The van der Waals surface area contributed by atoms with Crippen molar-refractivity contribution in [3.8, 4) is 0 Å². The Labute approximate surface area is 111 Å². The number of hydrogen-bond donors (Lipinski definition) is 1. The fourth-order valence-electron chi connectivity index (χ4n) is 2.00. The summed E-state index contributed by atoms with van der Waals surface area (Å²) in [6.45, 7) is 5.98. The number of hydrogen-bond acceptors (Lipinski definition) is 4. The van der Waals surface area contributed by atoms with E-state index in [1.807, 2.05) is 11.7 Å². The summed E-state index contributed by atoms with van der Waals surface area (Å²) < 4.78 is 7.81. The van der Waals surface area contributed by atoms with Crippen LogP contribution in [0.5, 0.6) is 0 Å². The predicted molar refractivity (Wildman–Crippen MR) is 70.8 cm³/mol. The summed E-state index contributed by atoms with van der Waals surface area (Å²) in [4.78, 5) is 0. The normalized spacial score (nSPS) is 14.9. The first-order valence-electron chi connectivity index (χ1n) is 5.87. The zero-order valence-electron chi connectivity index (χ0n) is 10.9. The Hall–Kier alpha value is -0.460. The standard InChI is InChI=1S/C11H21BrN4O/c1-5-13-9(6-8(2)7-17-4)10-11(12)14-15-16(10)3/h8-9,13H,5-7H2,1-4H3. The van der Waals surface area contributed by atoms with Crippen LogP contribution < -0.4 is 5.32 Å². The molecule has 17 heavy (non-hydrogen) atoms. The van der Waals surface area contributed by atoms with Gasteiger partial charge in [-0.15, -0.1) is 5.10 Å². The van der Waals surface area contributed by atoms with Crippen molar-refractivity contribution in [2.45, 2.75) is 26.3 Å². The summed E-state index contributed by atoms with van der Waals surface area (Å²) in [6.07, 6.45) is 1.00. The van der Waals surface area contributed by atoms with Crippen LogP contribution in [-0.4, -0.2) is 35.3 Å². The monoisotopic (exact) mass is 304 g/mol. The van der Waals surface area contributed by atoms with Gasteiger partial charge < -0.3 is 10.1 Å². The molecule has 0 aromatic carbocycles. The van der Waals surface area contributed by atoms with Crippen LogP contribution in [-0.2, 0) is 11.8 Å². The van der Waals surface area contributed by atoms with Crippen LogP contribution in [0.25, 0.3) is 0 Å². The molecule has 0 amide bonds. The lowest BCUT2D eigenvalue weighted by Gasteiger charge is -2.21. The number of aromatic nitrogens is 3. The van der Waals surface area contributed by atoms with Gasteiger partial charge in [-0.2, -0.15) is 0 Å².